The Morgan fingerprint density at radius 3 is 2.36 bits per heavy atom. The predicted octanol–water partition coefficient (Wildman–Crippen LogP) is 7.79. The third-order valence-electron chi connectivity index (χ3n) is 7.46. The van der Waals surface area contributed by atoms with Crippen molar-refractivity contribution in [1.82, 2.24) is 0 Å². The number of fused-ring (bicyclic) bond motifs is 2. The standard InChI is InChI=1S/C20H24.C12H25OSi2.Zr/c1-3-7-19-15(5-1)9-11-17(19)13-14-18-12-10-16-6-2-4-8-20(16)18;1-11(13)8-9-12(15(5,6)7)10-14(2,3)4;/h9-12H,1-8,13-14H2;8,13H,9H2,1-7H3;/q-2;-1;+4/p-1/b;11-8-;. The fraction of sp³-hybridized carbons (Fsp3) is 0.562. The van der Waals surface area contributed by atoms with Gasteiger partial charge in [-0.25, -0.2) is 12.1 Å². The summed E-state index contributed by atoms with van der Waals surface area (Å²) in [7, 11) is -2.59. The minimum Gasteiger partial charge on any atom is -0.876 e. The second-order valence-corrected chi connectivity index (χ2v) is 22.6. The Labute approximate surface area is 243 Å². The van der Waals surface area contributed by atoms with Crippen molar-refractivity contribution in [3.8, 4) is 0 Å². The summed E-state index contributed by atoms with van der Waals surface area (Å²) in [6.45, 7) is 15.5. The molecule has 2 aromatic carbocycles. The fourth-order valence-electron chi connectivity index (χ4n) is 5.54. The molecule has 0 aliphatic heterocycles. The van der Waals surface area contributed by atoms with E-state index in [9.17, 15) is 5.11 Å². The van der Waals surface area contributed by atoms with Crippen LogP contribution in [-0.2, 0) is 64.7 Å². The first kappa shape index (κ1) is 31.5. The first-order valence-corrected chi connectivity index (χ1v) is 20.9. The minimum absolute atomic E-state index is 0. The van der Waals surface area contributed by atoms with Gasteiger partial charge in [0.1, 0.15) is 0 Å². The molecule has 36 heavy (non-hydrogen) atoms. The largest absolute Gasteiger partial charge is 4.00 e. The van der Waals surface area contributed by atoms with Crippen molar-refractivity contribution in [2.75, 3.05) is 0 Å². The second kappa shape index (κ2) is 13.9. The van der Waals surface area contributed by atoms with Crippen molar-refractivity contribution < 1.29 is 31.3 Å². The van der Waals surface area contributed by atoms with Crippen molar-refractivity contribution in [3.63, 3.8) is 0 Å². The number of hydrogen-bond donors (Lipinski definition) is 0. The third kappa shape index (κ3) is 9.55. The van der Waals surface area contributed by atoms with Gasteiger partial charge in [0.2, 0.25) is 0 Å². The molecule has 4 heteroatoms. The van der Waals surface area contributed by atoms with Crippen molar-refractivity contribution in [2.45, 2.75) is 117 Å². The Hall–Kier alpha value is -0.703. The van der Waals surface area contributed by atoms with Crippen LogP contribution in [-0.4, -0.2) is 16.1 Å². The van der Waals surface area contributed by atoms with E-state index in [0.29, 0.717) is 0 Å². The van der Waals surface area contributed by atoms with Crippen molar-refractivity contribution >= 4 is 16.1 Å². The summed E-state index contributed by atoms with van der Waals surface area (Å²) >= 11 is 0. The van der Waals surface area contributed by atoms with Gasteiger partial charge in [0, 0.05) is 8.07 Å². The van der Waals surface area contributed by atoms with Gasteiger partial charge in [-0.15, -0.1) is 13.8 Å². The van der Waals surface area contributed by atoms with E-state index in [1.807, 2.05) is 0 Å². The Kier molecular flexibility index (Phi) is 12.2. The topological polar surface area (TPSA) is 23.1 Å². The van der Waals surface area contributed by atoms with Crippen LogP contribution < -0.4 is 5.11 Å². The molecule has 2 aliphatic rings. The summed E-state index contributed by atoms with van der Waals surface area (Å²) in [5.41, 5.74) is 13.7. The fourth-order valence-corrected chi connectivity index (χ4v) is 9.89. The van der Waals surface area contributed by atoms with Crippen molar-refractivity contribution in [2.24, 2.45) is 0 Å². The second-order valence-electron chi connectivity index (χ2n) is 12.8. The molecule has 1 nitrogen and oxygen atoms in total. The molecule has 0 radical (unpaired) electrons. The third-order valence-corrected chi connectivity index (χ3v) is 10.9. The van der Waals surface area contributed by atoms with E-state index in [4.69, 9.17) is 0 Å². The zero-order chi connectivity index (χ0) is 25.6. The summed E-state index contributed by atoms with van der Waals surface area (Å²) in [6.07, 6.45) is 16.0. The number of hydrogen-bond acceptors (Lipinski definition) is 1. The van der Waals surface area contributed by atoms with E-state index in [-0.39, 0.29) is 32.0 Å². The molecule has 2 aliphatic carbocycles. The number of rotatable bonds is 7. The maximum atomic E-state index is 11.0. The van der Waals surface area contributed by atoms with Crippen LogP contribution in [0.15, 0.2) is 41.3 Å². The Balaban J connectivity index is 0.000000260. The summed E-state index contributed by atoms with van der Waals surface area (Å²) in [6, 6.07) is 9.60. The monoisotopic (exact) mass is 594 g/mol. The Bertz CT molecular complexity index is 965. The molecule has 0 saturated heterocycles. The van der Waals surface area contributed by atoms with Gasteiger partial charge in [0.15, 0.2) is 0 Å². The van der Waals surface area contributed by atoms with Crippen LogP contribution in [0.2, 0.25) is 39.3 Å². The van der Waals surface area contributed by atoms with Gasteiger partial charge in [0.25, 0.3) is 0 Å². The van der Waals surface area contributed by atoms with Crippen molar-refractivity contribution in [1.29, 1.82) is 0 Å². The average Bonchev–Trinajstić information content (AvgIpc) is 3.38. The molecule has 4 rings (SSSR count). The van der Waals surface area contributed by atoms with Gasteiger partial charge >= 0.3 is 26.2 Å². The molecule has 0 unspecified atom stereocenters. The van der Waals surface area contributed by atoms with Crippen LogP contribution in [0, 0.1) is 5.70 Å². The zero-order valence-corrected chi connectivity index (χ0v) is 28.5. The Morgan fingerprint density at radius 2 is 1.69 bits per heavy atom. The molecule has 0 atom stereocenters. The molecule has 0 heterocycles. The van der Waals surface area contributed by atoms with Gasteiger partial charge in [-0.3, -0.25) is 5.20 Å². The van der Waals surface area contributed by atoms with Gasteiger partial charge in [0.05, 0.1) is 0 Å². The van der Waals surface area contributed by atoms with Gasteiger partial charge in [-0.05, 0) is 0 Å². The Morgan fingerprint density at radius 1 is 1.00 bits per heavy atom. The van der Waals surface area contributed by atoms with Crippen LogP contribution >= 0.6 is 0 Å². The van der Waals surface area contributed by atoms with E-state index in [2.05, 4.69) is 69.2 Å². The maximum Gasteiger partial charge on any atom is 4.00 e. The molecule has 2 aromatic rings. The molecule has 0 aromatic heterocycles. The quantitative estimate of drug-likeness (QED) is 0.182. The van der Waals surface area contributed by atoms with E-state index in [1.165, 1.54) is 69.4 Å². The van der Waals surface area contributed by atoms with E-state index in [1.54, 1.807) is 46.4 Å². The van der Waals surface area contributed by atoms with Gasteiger partial charge in [-0.1, -0.05) is 123 Å². The first-order valence-electron chi connectivity index (χ1n) is 13.9. The summed E-state index contributed by atoms with van der Waals surface area (Å²) in [5, 5.41) is 12.4. The molecular formula is C32H48OSi2Zr. The zero-order valence-electron chi connectivity index (χ0n) is 24.1. The minimum atomic E-state index is -1.31. The first-order chi connectivity index (χ1) is 16.4. The molecule has 0 N–H and O–H groups in total. The van der Waals surface area contributed by atoms with Crippen LogP contribution in [0.3, 0.4) is 0 Å². The molecule has 194 valence electrons. The maximum absolute atomic E-state index is 11.0. The SMILES string of the molecule is C/C([O-])=C/CC(=[C-][Si](C)(C)C)[Si](C)(C)C.[Zr+4].c1[cH-]c2c(c1CCc1ccc3[c-]1CCCC3)CCCC2. The van der Waals surface area contributed by atoms with E-state index >= 15 is 0 Å². The van der Waals surface area contributed by atoms with Crippen molar-refractivity contribution in [3.05, 3.63) is 80.4 Å². The van der Waals surface area contributed by atoms with Crippen LogP contribution in [0.25, 0.3) is 0 Å². The number of aryl methyl sites for hydroxylation is 4. The molecule has 0 bridgehead atoms. The van der Waals surface area contributed by atoms with Crippen LogP contribution in [0.5, 0.6) is 0 Å². The average molecular weight is 596 g/mol. The summed E-state index contributed by atoms with van der Waals surface area (Å²) in [5.74, 6) is 0.170. The summed E-state index contributed by atoms with van der Waals surface area (Å²) in [4.78, 5) is 0. The molecule has 0 amide bonds. The van der Waals surface area contributed by atoms with Gasteiger partial charge < -0.3 is 10.8 Å². The van der Waals surface area contributed by atoms with Crippen LogP contribution in [0.1, 0.15) is 72.4 Å². The smallest absolute Gasteiger partial charge is 0.876 e. The predicted molar refractivity (Wildman–Crippen MR) is 157 cm³/mol. The van der Waals surface area contributed by atoms with Crippen LogP contribution in [0.4, 0.5) is 0 Å². The normalized spacial score (nSPS) is 16.4. The molecule has 0 fully saturated rings. The van der Waals surface area contributed by atoms with Gasteiger partial charge in [-0.2, -0.15) is 45.5 Å². The molecular weight excluding hydrogens is 548 g/mol. The summed E-state index contributed by atoms with van der Waals surface area (Å²) < 4.78 is 0. The molecule has 0 spiro atoms. The molecule has 0 saturated carbocycles. The number of allylic oxidation sites excluding steroid dienone is 3. The van der Waals surface area contributed by atoms with E-state index < -0.39 is 16.1 Å². The van der Waals surface area contributed by atoms with E-state index in [0.717, 1.165) is 6.42 Å².